The first-order chi connectivity index (χ1) is 9.72. The van der Waals surface area contributed by atoms with Gasteiger partial charge < -0.3 is 10.1 Å². The Bertz CT molecular complexity index is 438. The van der Waals surface area contributed by atoms with E-state index in [4.69, 9.17) is 0 Å². The van der Waals surface area contributed by atoms with Gasteiger partial charge in [0.15, 0.2) is 0 Å². The molecular weight excluding hydrogens is 262 g/mol. The van der Waals surface area contributed by atoms with Crippen LogP contribution in [0.1, 0.15) is 18.4 Å². The first-order valence-electron chi connectivity index (χ1n) is 7.21. The number of halogens is 2. The lowest BCUT2D eigenvalue weighted by Gasteiger charge is -2.37. The van der Waals surface area contributed by atoms with Gasteiger partial charge in [0.1, 0.15) is 5.75 Å². The summed E-state index contributed by atoms with van der Waals surface area (Å²) in [6.45, 7) is 1.45. The first-order valence-corrected chi connectivity index (χ1v) is 7.21. The molecule has 2 unspecified atom stereocenters. The maximum absolute atomic E-state index is 12.1. The highest BCUT2D eigenvalue weighted by Crippen LogP contribution is 2.28. The second-order valence-corrected chi connectivity index (χ2v) is 5.62. The van der Waals surface area contributed by atoms with Crippen molar-refractivity contribution < 1.29 is 13.5 Å². The lowest BCUT2D eigenvalue weighted by molar-refractivity contribution is -0.0498. The zero-order valence-corrected chi connectivity index (χ0v) is 11.4. The number of piperidine rings is 1. The van der Waals surface area contributed by atoms with E-state index in [2.05, 4.69) is 15.0 Å². The van der Waals surface area contributed by atoms with E-state index in [1.807, 2.05) is 12.1 Å². The summed E-state index contributed by atoms with van der Waals surface area (Å²) < 4.78 is 28.6. The number of alkyl halides is 2. The SMILES string of the molecule is FC(F)Oc1ccc(CN2CCCC3CNCC32)cc1. The van der Waals surface area contributed by atoms with Crippen LogP contribution >= 0.6 is 0 Å². The molecule has 3 rings (SSSR count). The molecule has 1 N–H and O–H groups in total. The molecule has 20 heavy (non-hydrogen) atoms. The minimum atomic E-state index is -2.76. The summed E-state index contributed by atoms with van der Waals surface area (Å²) in [6, 6.07) is 7.62. The number of benzene rings is 1. The quantitative estimate of drug-likeness (QED) is 0.918. The molecule has 0 amide bonds. The average molecular weight is 282 g/mol. The topological polar surface area (TPSA) is 24.5 Å². The number of nitrogens with one attached hydrogen (secondary N) is 1. The largest absolute Gasteiger partial charge is 0.435 e. The summed E-state index contributed by atoms with van der Waals surface area (Å²) in [6.07, 6.45) is 2.56. The summed E-state index contributed by atoms with van der Waals surface area (Å²) >= 11 is 0. The molecule has 3 nitrogen and oxygen atoms in total. The minimum Gasteiger partial charge on any atom is -0.435 e. The molecule has 5 heteroatoms. The normalized spacial score (nSPS) is 26.8. The van der Waals surface area contributed by atoms with E-state index in [-0.39, 0.29) is 5.75 Å². The number of nitrogens with zero attached hydrogens (tertiary/aromatic N) is 1. The summed E-state index contributed by atoms with van der Waals surface area (Å²) in [5.74, 6) is 0.994. The maximum atomic E-state index is 12.1. The van der Waals surface area contributed by atoms with Gasteiger partial charge in [-0.15, -0.1) is 0 Å². The number of fused-ring (bicyclic) bond motifs is 1. The Morgan fingerprint density at radius 3 is 2.80 bits per heavy atom. The molecule has 2 fully saturated rings. The summed E-state index contributed by atoms with van der Waals surface area (Å²) in [5, 5.41) is 3.47. The van der Waals surface area contributed by atoms with Crippen LogP contribution in [0.15, 0.2) is 24.3 Å². The molecule has 0 aromatic heterocycles. The summed E-state index contributed by atoms with van der Waals surface area (Å²) in [7, 11) is 0. The van der Waals surface area contributed by atoms with E-state index >= 15 is 0 Å². The zero-order chi connectivity index (χ0) is 13.9. The van der Waals surface area contributed by atoms with E-state index in [0.29, 0.717) is 6.04 Å². The molecular formula is C15H20F2N2O. The lowest BCUT2D eigenvalue weighted by Crippen LogP contribution is -2.44. The van der Waals surface area contributed by atoms with Gasteiger partial charge in [-0.3, -0.25) is 4.90 Å². The molecule has 1 aromatic rings. The summed E-state index contributed by atoms with van der Waals surface area (Å²) in [4.78, 5) is 2.51. The molecule has 2 saturated heterocycles. The molecule has 0 saturated carbocycles. The Kier molecular flexibility index (Phi) is 4.17. The van der Waals surface area contributed by atoms with Gasteiger partial charge in [0.05, 0.1) is 0 Å². The van der Waals surface area contributed by atoms with Gasteiger partial charge in [-0.2, -0.15) is 8.78 Å². The highest BCUT2D eigenvalue weighted by Gasteiger charge is 2.34. The van der Waals surface area contributed by atoms with E-state index in [1.165, 1.54) is 12.8 Å². The van der Waals surface area contributed by atoms with Crippen molar-refractivity contribution in [3.8, 4) is 5.75 Å². The minimum absolute atomic E-state index is 0.225. The highest BCUT2D eigenvalue weighted by atomic mass is 19.3. The van der Waals surface area contributed by atoms with Crippen LogP contribution in [0.4, 0.5) is 8.78 Å². The third-order valence-electron chi connectivity index (χ3n) is 4.33. The van der Waals surface area contributed by atoms with Crippen LogP contribution < -0.4 is 10.1 Å². The maximum Gasteiger partial charge on any atom is 0.387 e. The van der Waals surface area contributed by atoms with Crippen LogP contribution in [0, 0.1) is 5.92 Å². The van der Waals surface area contributed by atoms with E-state index < -0.39 is 6.61 Å². The van der Waals surface area contributed by atoms with Crippen molar-refractivity contribution in [3.63, 3.8) is 0 Å². The highest BCUT2D eigenvalue weighted by molar-refractivity contribution is 5.27. The van der Waals surface area contributed by atoms with Gasteiger partial charge in [-0.25, -0.2) is 0 Å². The van der Waals surface area contributed by atoms with Crippen molar-refractivity contribution in [2.24, 2.45) is 5.92 Å². The Morgan fingerprint density at radius 2 is 2.05 bits per heavy atom. The van der Waals surface area contributed by atoms with Crippen molar-refractivity contribution in [1.82, 2.24) is 10.2 Å². The molecule has 0 radical (unpaired) electrons. The Hall–Kier alpha value is -1.20. The fourth-order valence-corrected chi connectivity index (χ4v) is 3.37. The van der Waals surface area contributed by atoms with Crippen LogP contribution in [0.3, 0.4) is 0 Å². The summed E-state index contributed by atoms with van der Waals surface area (Å²) in [5.41, 5.74) is 1.15. The van der Waals surface area contributed by atoms with Crippen molar-refractivity contribution >= 4 is 0 Å². The Balaban J connectivity index is 1.62. The van der Waals surface area contributed by atoms with Crippen molar-refractivity contribution in [2.75, 3.05) is 19.6 Å². The van der Waals surface area contributed by atoms with Crippen molar-refractivity contribution in [1.29, 1.82) is 0 Å². The van der Waals surface area contributed by atoms with E-state index in [0.717, 1.165) is 37.7 Å². The van der Waals surface area contributed by atoms with E-state index in [9.17, 15) is 8.78 Å². The number of ether oxygens (including phenoxy) is 1. The molecule has 2 aliphatic heterocycles. The van der Waals surface area contributed by atoms with Gasteiger partial charge in [0.2, 0.25) is 0 Å². The molecule has 2 atom stereocenters. The fourth-order valence-electron chi connectivity index (χ4n) is 3.37. The van der Waals surface area contributed by atoms with Gasteiger partial charge in [0, 0.05) is 19.1 Å². The van der Waals surface area contributed by atoms with Crippen LogP contribution in [0.25, 0.3) is 0 Å². The van der Waals surface area contributed by atoms with Crippen LogP contribution in [0.2, 0.25) is 0 Å². The van der Waals surface area contributed by atoms with Crippen LogP contribution in [-0.2, 0) is 6.54 Å². The van der Waals surface area contributed by atoms with Gasteiger partial charge in [0.25, 0.3) is 0 Å². The standard InChI is InChI=1S/C15H20F2N2O/c16-15(17)20-13-5-3-11(4-6-13)10-19-7-1-2-12-8-18-9-14(12)19/h3-6,12,14-15,18H,1-2,7-10H2. The number of hydrogen-bond acceptors (Lipinski definition) is 3. The number of rotatable bonds is 4. The second kappa shape index (κ2) is 6.06. The first kappa shape index (κ1) is 13.8. The molecule has 2 aliphatic rings. The third-order valence-corrected chi connectivity index (χ3v) is 4.33. The van der Waals surface area contributed by atoms with Gasteiger partial charge >= 0.3 is 6.61 Å². The molecule has 0 spiro atoms. The molecule has 110 valence electrons. The van der Waals surface area contributed by atoms with E-state index in [1.54, 1.807) is 12.1 Å². The zero-order valence-electron chi connectivity index (χ0n) is 11.4. The monoisotopic (exact) mass is 282 g/mol. The van der Waals surface area contributed by atoms with Crippen molar-refractivity contribution in [2.45, 2.75) is 32.0 Å². The number of hydrogen-bond donors (Lipinski definition) is 1. The molecule has 2 heterocycles. The predicted octanol–water partition coefficient (Wildman–Crippen LogP) is 2.47. The van der Waals surface area contributed by atoms with Crippen LogP contribution in [0.5, 0.6) is 5.75 Å². The molecule has 0 bridgehead atoms. The third kappa shape index (κ3) is 3.10. The smallest absolute Gasteiger partial charge is 0.387 e. The van der Waals surface area contributed by atoms with Gasteiger partial charge in [-0.05, 0) is 49.5 Å². The number of likely N-dealkylation sites (tertiary alicyclic amines) is 1. The Morgan fingerprint density at radius 1 is 1.25 bits per heavy atom. The second-order valence-electron chi connectivity index (χ2n) is 5.62. The van der Waals surface area contributed by atoms with Crippen molar-refractivity contribution in [3.05, 3.63) is 29.8 Å². The fraction of sp³-hybridized carbons (Fsp3) is 0.600. The molecule has 0 aliphatic carbocycles. The molecule has 1 aromatic carbocycles. The lowest BCUT2D eigenvalue weighted by atomic mass is 9.91. The Labute approximate surface area is 117 Å². The predicted molar refractivity (Wildman–Crippen MR) is 72.9 cm³/mol. The van der Waals surface area contributed by atoms with Crippen LogP contribution in [-0.4, -0.2) is 37.2 Å². The average Bonchev–Trinajstić information content (AvgIpc) is 2.90. The van der Waals surface area contributed by atoms with Gasteiger partial charge in [-0.1, -0.05) is 12.1 Å².